The summed E-state index contributed by atoms with van der Waals surface area (Å²) in [5.74, 6) is 1.69. The maximum Gasteiger partial charge on any atom is 0.277 e. The van der Waals surface area contributed by atoms with E-state index in [2.05, 4.69) is 15.1 Å². The Morgan fingerprint density at radius 2 is 1.89 bits per heavy atom. The van der Waals surface area contributed by atoms with Crippen molar-refractivity contribution in [3.8, 4) is 11.5 Å². The molecule has 0 unspecified atom stereocenters. The van der Waals surface area contributed by atoms with Crippen LogP contribution in [0.25, 0.3) is 10.9 Å². The van der Waals surface area contributed by atoms with E-state index in [4.69, 9.17) is 14.6 Å². The fourth-order valence-corrected chi connectivity index (χ4v) is 4.75. The molecule has 0 bridgehead atoms. The van der Waals surface area contributed by atoms with Gasteiger partial charge in [0.2, 0.25) is 0 Å². The van der Waals surface area contributed by atoms with Crippen molar-refractivity contribution >= 4 is 26.8 Å². The molecule has 2 heterocycles. The van der Waals surface area contributed by atoms with Crippen LogP contribution in [0.15, 0.2) is 18.3 Å². The third-order valence-corrected chi connectivity index (χ3v) is 6.59. The minimum atomic E-state index is -3.61. The molecule has 1 aromatic heterocycles. The van der Waals surface area contributed by atoms with Gasteiger partial charge in [-0.15, -0.1) is 0 Å². The molecule has 0 spiro atoms. The first-order valence-electron chi connectivity index (χ1n) is 9.32. The van der Waals surface area contributed by atoms with E-state index in [0.717, 1.165) is 48.9 Å². The van der Waals surface area contributed by atoms with Crippen molar-refractivity contribution in [1.29, 1.82) is 0 Å². The lowest BCUT2D eigenvalue weighted by Gasteiger charge is -2.42. The molecule has 2 aromatic rings. The van der Waals surface area contributed by atoms with Gasteiger partial charge in [-0.3, -0.25) is 0 Å². The molecule has 0 amide bonds. The number of anilines is 1. The van der Waals surface area contributed by atoms with Gasteiger partial charge in [0.15, 0.2) is 11.5 Å². The summed E-state index contributed by atoms with van der Waals surface area (Å²) in [4.78, 5) is 2.23. The third-order valence-electron chi connectivity index (χ3n) is 5.46. The number of benzene rings is 1. The van der Waals surface area contributed by atoms with E-state index in [9.17, 15) is 8.42 Å². The van der Waals surface area contributed by atoms with Crippen LogP contribution in [0.4, 0.5) is 5.69 Å². The second-order valence-electron chi connectivity index (χ2n) is 7.40. The summed E-state index contributed by atoms with van der Waals surface area (Å²) in [6, 6.07) is 3.84. The Morgan fingerprint density at radius 1 is 1.21 bits per heavy atom. The van der Waals surface area contributed by atoms with Crippen molar-refractivity contribution < 1.29 is 17.9 Å². The fraction of sp³-hybridized carbons (Fsp3) is 0.556. The second kappa shape index (κ2) is 7.34. The predicted molar refractivity (Wildman–Crippen MR) is 106 cm³/mol. The SMILES string of the molecule is COc1cc2nncc(N3CC(CCN(C4CC4)S(N)(=O)=O)C3)c2cc1OC. The van der Waals surface area contributed by atoms with Gasteiger partial charge in [-0.25, -0.2) is 5.14 Å². The smallest absolute Gasteiger partial charge is 0.277 e. The highest BCUT2D eigenvalue weighted by molar-refractivity contribution is 7.86. The third kappa shape index (κ3) is 3.71. The molecule has 2 fully saturated rings. The molecule has 1 aromatic carbocycles. The van der Waals surface area contributed by atoms with Crippen molar-refractivity contribution in [2.75, 3.05) is 38.8 Å². The number of hydrogen-bond donors (Lipinski definition) is 1. The Labute approximate surface area is 164 Å². The zero-order chi connectivity index (χ0) is 19.9. The first-order valence-corrected chi connectivity index (χ1v) is 10.8. The van der Waals surface area contributed by atoms with Crippen LogP contribution < -0.4 is 19.5 Å². The van der Waals surface area contributed by atoms with Crippen LogP contribution in [0.2, 0.25) is 0 Å². The van der Waals surface area contributed by atoms with Crippen molar-refractivity contribution in [3.63, 3.8) is 0 Å². The first kappa shape index (κ1) is 19.2. The number of ether oxygens (including phenoxy) is 2. The van der Waals surface area contributed by atoms with Gasteiger partial charge in [0.25, 0.3) is 10.2 Å². The van der Waals surface area contributed by atoms with Gasteiger partial charge >= 0.3 is 0 Å². The molecule has 4 rings (SSSR count). The van der Waals surface area contributed by atoms with Crippen LogP contribution in [0.3, 0.4) is 0 Å². The normalized spacial score (nSPS) is 17.8. The number of nitrogens with two attached hydrogens (primary N) is 1. The quantitative estimate of drug-likeness (QED) is 0.698. The number of rotatable bonds is 8. The summed E-state index contributed by atoms with van der Waals surface area (Å²) in [6.07, 6.45) is 4.38. The Hall–Kier alpha value is -2.17. The predicted octanol–water partition coefficient (Wildman–Crippen LogP) is 1.14. The first-order chi connectivity index (χ1) is 13.4. The van der Waals surface area contributed by atoms with Gasteiger partial charge in [0.05, 0.1) is 31.6 Å². The lowest BCUT2D eigenvalue weighted by atomic mass is 9.95. The summed E-state index contributed by atoms with van der Waals surface area (Å²) in [5, 5.41) is 14.6. The van der Waals surface area contributed by atoms with Crippen LogP contribution in [0.5, 0.6) is 11.5 Å². The molecule has 0 atom stereocenters. The van der Waals surface area contributed by atoms with Gasteiger partial charge in [0, 0.05) is 37.1 Å². The van der Waals surface area contributed by atoms with Crippen molar-refractivity contribution in [2.45, 2.75) is 25.3 Å². The molecule has 2 aliphatic rings. The van der Waals surface area contributed by atoms with Crippen molar-refractivity contribution in [2.24, 2.45) is 11.1 Å². The zero-order valence-electron chi connectivity index (χ0n) is 16.0. The standard InChI is InChI=1S/C18H25N5O4S/c1-26-17-7-14-15(8-18(17)27-2)21-20-9-16(14)22-10-12(11-22)5-6-23(13-3-4-13)28(19,24)25/h7-9,12-13H,3-6,10-11H2,1-2H3,(H2,19,24,25). The maximum atomic E-state index is 11.7. The van der Waals surface area contributed by atoms with Crippen molar-refractivity contribution in [1.82, 2.24) is 14.5 Å². The van der Waals surface area contributed by atoms with E-state index >= 15 is 0 Å². The number of hydrogen-bond acceptors (Lipinski definition) is 7. The molecule has 1 saturated carbocycles. The van der Waals surface area contributed by atoms with Gasteiger partial charge in [0.1, 0.15) is 0 Å². The van der Waals surface area contributed by atoms with E-state index in [-0.39, 0.29) is 6.04 Å². The highest BCUT2D eigenvalue weighted by Gasteiger charge is 2.37. The maximum absolute atomic E-state index is 11.7. The molecular weight excluding hydrogens is 382 g/mol. The molecule has 0 radical (unpaired) electrons. The van der Waals surface area contributed by atoms with E-state index in [0.29, 0.717) is 24.0 Å². The van der Waals surface area contributed by atoms with Gasteiger partial charge in [-0.05, 0) is 31.2 Å². The van der Waals surface area contributed by atoms with E-state index in [1.54, 1.807) is 20.4 Å². The lowest BCUT2D eigenvalue weighted by molar-refractivity contribution is 0.320. The number of aromatic nitrogens is 2. The summed E-state index contributed by atoms with van der Waals surface area (Å²) in [7, 11) is -0.418. The van der Waals surface area contributed by atoms with Crippen LogP contribution in [-0.2, 0) is 10.2 Å². The topological polar surface area (TPSA) is 111 Å². The molecule has 10 heteroatoms. The van der Waals surface area contributed by atoms with Gasteiger partial charge in [-0.1, -0.05) is 0 Å². The molecule has 28 heavy (non-hydrogen) atoms. The van der Waals surface area contributed by atoms with E-state index in [1.165, 1.54) is 4.31 Å². The molecule has 1 aliphatic heterocycles. The van der Waals surface area contributed by atoms with Crippen LogP contribution in [0, 0.1) is 5.92 Å². The zero-order valence-corrected chi connectivity index (χ0v) is 16.9. The summed E-state index contributed by atoms with van der Waals surface area (Å²) >= 11 is 0. The molecule has 9 nitrogen and oxygen atoms in total. The highest BCUT2D eigenvalue weighted by atomic mass is 32.2. The number of methoxy groups -OCH3 is 2. The molecule has 1 aliphatic carbocycles. The monoisotopic (exact) mass is 407 g/mol. The van der Waals surface area contributed by atoms with E-state index in [1.807, 2.05) is 12.1 Å². The largest absolute Gasteiger partial charge is 0.493 e. The van der Waals surface area contributed by atoms with Crippen molar-refractivity contribution in [3.05, 3.63) is 18.3 Å². The Kier molecular flexibility index (Phi) is 5.02. The van der Waals surface area contributed by atoms with Crippen LogP contribution in [-0.4, -0.2) is 62.8 Å². The number of fused-ring (bicyclic) bond motifs is 1. The summed E-state index contributed by atoms with van der Waals surface area (Å²) in [5.41, 5.74) is 1.74. The average molecular weight is 407 g/mol. The highest BCUT2D eigenvalue weighted by Crippen LogP contribution is 2.38. The molecule has 2 N–H and O–H groups in total. The van der Waals surface area contributed by atoms with Gasteiger partial charge in [-0.2, -0.15) is 22.9 Å². The van der Waals surface area contributed by atoms with E-state index < -0.39 is 10.2 Å². The molecule has 152 valence electrons. The summed E-state index contributed by atoms with van der Waals surface area (Å²) in [6.45, 7) is 2.18. The number of nitrogens with zero attached hydrogens (tertiary/aromatic N) is 4. The lowest BCUT2D eigenvalue weighted by Crippen LogP contribution is -2.49. The Morgan fingerprint density at radius 3 is 2.50 bits per heavy atom. The van der Waals surface area contributed by atoms with Crippen LogP contribution >= 0.6 is 0 Å². The molecule has 1 saturated heterocycles. The Balaban J connectivity index is 1.45. The minimum absolute atomic E-state index is 0.0990. The molecular formula is C18H25N5O4S. The second-order valence-corrected chi connectivity index (χ2v) is 8.90. The van der Waals surface area contributed by atoms with Gasteiger partial charge < -0.3 is 14.4 Å². The van der Waals surface area contributed by atoms with Crippen LogP contribution in [0.1, 0.15) is 19.3 Å². The fourth-order valence-electron chi connectivity index (χ4n) is 3.76. The minimum Gasteiger partial charge on any atom is -0.493 e. The summed E-state index contributed by atoms with van der Waals surface area (Å²) < 4.78 is 35.7. The Bertz CT molecular complexity index is 973. The average Bonchev–Trinajstić information content (AvgIpc) is 3.45.